The van der Waals surface area contributed by atoms with Crippen molar-refractivity contribution in [2.24, 2.45) is 5.73 Å². The molecule has 0 saturated carbocycles. The first-order valence-electron chi connectivity index (χ1n) is 10.3. The van der Waals surface area contributed by atoms with Crippen molar-refractivity contribution in [3.8, 4) is 23.3 Å². The van der Waals surface area contributed by atoms with Crippen LogP contribution in [0.5, 0.6) is 17.2 Å². The third-order valence-electron chi connectivity index (χ3n) is 5.58. The molecule has 0 spiro atoms. The Morgan fingerprint density at radius 3 is 2.71 bits per heavy atom. The van der Waals surface area contributed by atoms with E-state index >= 15 is 0 Å². The molecule has 8 heteroatoms. The molecule has 0 amide bonds. The van der Waals surface area contributed by atoms with Gasteiger partial charge in [0.2, 0.25) is 12.7 Å². The van der Waals surface area contributed by atoms with Crippen molar-refractivity contribution in [3.63, 3.8) is 0 Å². The molecule has 2 N–H and O–H groups in total. The number of aromatic nitrogens is 1. The predicted octanol–water partition coefficient (Wildman–Crippen LogP) is 2.31. The zero-order valence-corrected chi connectivity index (χ0v) is 18.0. The fraction of sp³-hybridized carbons (Fsp3) is 0.391. The Morgan fingerprint density at radius 2 is 2.00 bits per heavy atom. The van der Waals surface area contributed by atoms with E-state index < -0.39 is 5.92 Å². The lowest BCUT2D eigenvalue weighted by atomic mass is 9.83. The molecule has 1 aromatic carbocycles. The number of hydrogen-bond donors (Lipinski definition) is 1. The number of nitrogens with zero attached hydrogens (tertiary/aromatic N) is 3. The van der Waals surface area contributed by atoms with E-state index in [4.69, 9.17) is 19.9 Å². The van der Waals surface area contributed by atoms with Gasteiger partial charge in [-0.15, -0.1) is 0 Å². The number of nitriles is 1. The summed E-state index contributed by atoms with van der Waals surface area (Å²) >= 11 is 0. The topological polar surface area (TPSA) is 103 Å². The van der Waals surface area contributed by atoms with E-state index in [1.165, 1.54) is 0 Å². The lowest BCUT2D eigenvalue weighted by Gasteiger charge is -2.28. The van der Waals surface area contributed by atoms with Crippen LogP contribution >= 0.6 is 0 Å². The molecule has 0 saturated heterocycles. The molecule has 162 valence electrons. The largest absolute Gasteiger partial charge is 0.454 e. The number of likely N-dealkylation sites (N-methyl/N-ethyl adjacent to an activating group) is 1. The van der Waals surface area contributed by atoms with E-state index in [1.54, 1.807) is 16.7 Å². The molecule has 4 rings (SSSR count). The summed E-state index contributed by atoms with van der Waals surface area (Å²) in [6.45, 7) is 3.47. The molecule has 31 heavy (non-hydrogen) atoms. The van der Waals surface area contributed by atoms with E-state index in [0.29, 0.717) is 35.9 Å². The average molecular weight is 422 g/mol. The fourth-order valence-corrected chi connectivity index (χ4v) is 4.05. The van der Waals surface area contributed by atoms with Crippen LogP contribution in [0.15, 0.2) is 40.5 Å². The summed E-state index contributed by atoms with van der Waals surface area (Å²) in [7, 11) is 3.94. The lowest BCUT2D eigenvalue weighted by Crippen LogP contribution is -2.35. The molecular weight excluding hydrogens is 396 g/mol. The highest BCUT2D eigenvalue weighted by molar-refractivity contribution is 5.57. The van der Waals surface area contributed by atoms with Crippen LogP contribution in [0.25, 0.3) is 0 Å². The van der Waals surface area contributed by atoms with Gasteiger partial charge in [-0.2, -0.15) is 5.26 Å². The molecule has 0 fully saturated rings. The van der Waals surface area contributed by atoms with E-state index in [9.17, 15) is 10.1 Å². The van der Waals surface area contributed by atoms with Gasteiger partial charge < -0.3 is 29.4 Å². The van der Waals surface area contributed by atoms with Gasteiger partial charge in [-0.25, -0.2) is 0 Å². The number of nitrogens with two attached hydrogens (primary N) is 1. The van der Waals surface area contributed by atoms with Crippen LogP contribution in [0.4, 0.5) is 0 Å². The molecule has 0 radical (unpaired) electrons. The molecular formula is C23H26N4O4. The Balaban J connectivity index is 1.91. The van der Waals surface area contributed by atoms with Gasteiger partial charge in [-0.1, -0.05) is 19.4 Å². The smallest absolute Gasteiger partial charge is 0.258 e. The maximum Gasteiger partial charge on any atom is 0.258 e. The number of benzene rings is 1. The molecule has 3 heterocycles. The second-order valence-electron chi connectivity index (χ2n) is 7.96. The van der Waals surface area contributed by atoms with Crippen LogP contribution in [-0.2, 0) is 13.0 Å². The van der Waals surface area contributed by atoms with Gasteiger partial charge in [0.05, 0.1) is 11.5 Å². The summed E-state index contributed by atoms with van der Waals surface area (Å²) in [5, 5.41) is 9.85. The Kier molecular flexibility index (Phi) is 5.61. The molecule has 8 nitrogen and oxygen atoms in total. The highest BCUT2D eigenvalue weighted by atomic mass is 16.7. The summed E-state index contributed by atoms with van der Waals surface area (Å²) in [6, 6.07) is 9.46. The quantitative estimate of drug-likeness (QED) is 0.762. The Hall–Kier alpha value is -3.44. The third-order valence-corrected chi connectivity index (χ3v) is 5.58. The number of hydrogen-bond acceptors (Lipinski definition) is 7. The summed E-state index contributed by atoms with van der Waals surface area (Å²) in [5.74, 6) is 1.00. The molecule has 1 aromatic heterocycles. The Labute approximate surface area is 181 Å². The third kappa shape index (κ3) is 3.73. The van der Waals surface area contributed by atoms with Crippen LogP contribution in [0.3, 0.4) is 0 Å². The SMILES string of the molecule is CCCc1cc2c(c(=O)n1CCN(C)C)C(c1ccc3c(c1)OCO3)C(C#N)=C(N)O2. The minimum Gasteiger partial charge on any atom is -0.454 e. The van der Waals surface area contributed by atoms with Crippen molar-refractivity contribution >= 4 is 0 Å². The van der Waals surface area contributed by atoms with Crippen LogP contribution in [-0.4, -0.2) is 36.9 Å². The summed E-state index contributed by atoms with van der Waals surface area (Å²) < 4.78 is 18.5. The number of aryl methyl sites for hydroxylation is 1. The monoisotopic (exact) mass is 422 g/mol. The standard InChI is InChI=1S/C23H26N4O4/c1-4-5-15-11-19-21(23(28)27(15)9-8-26(2)3)20(16(12-24)22(25)31-19)14-6-7-17-18(10-14)30-13-29-17/h6-7,10-11,20H,4-5,8-9,13,25H2,1-3H3. The van der Waals surface area contributed by atoms with Crippen LogP contribution < -0.4 is 25.5 Å². The number of pyridine rings is 1. The molecule has 1 atom stereocenters. The van der Waals surface area contributed by atoms with E-state index in [-0.39, 0.29) is 23.8 Å². The highest BCUT2D eigenvalue weighted by Crippen LogP contribution is 2.43. The molecule has 0 bridgehead atoms. The minimum absolute atomic E-state index is 0.0190. The van der Waals surface area contributed by atoms with Gasteiger partial charge in [-0.05, 0) is 38.2 Å². The second-order valence-corrected chi connectivity index (χ2v) is 7.96. The summed E-state index contributed by atoms with van der Waals surface area (Å²) in [4.78, 5) is 15.8. The van der Waals surface area contributed by atoms with E-state index in [1.807, 2.05) is 31.1 Å². The van der Waals surface area contributed by atoms with Crippen LogP contribution in [0.2, 0.25) is 0 Å². The van der Waals surface area contributed by atoms with Crippen molar-refractivity contribution in [3.05, 3.63) is 62.9 Å². The number of rotatable bonds is 6. The van der Waals surface area contributed by atoms with Crippen molar-refractivity contribution in [2.45, 2.75) is 32.2 Å². The van der Waals surface area contributed by atoms with Gasteiger partial charge in [0, 0.05) is 24.8 Å². The lowest BCUT2D eigenvalue weighted by molar-refractivity contribution is 0.174. The molecule has 2 aromatic rings. The minimum atomic E-state index is -0.642. The Bertz CT molecular complexity index is 1140. The first-order valence-corrected chi connectivity index (χ1v) is 10.3. The summed E-state index contributed by atoms with van der Waals surface area (Å²) in [6.07, 6.45) is 1.63. The number of ether oxygens (including phenoxy) is 3. The Morgan fingerprint density at radius 1 is 1.23 bits per heavy atom. The normalized spacial score (nSPS) is 16.8. The van der Waals surface area contributed by atoms with Gasteiger partial charge in [0.15, 0.2) is 11.5 Å². The van der Waals surface area contributed by atoms with Crippen molar-refractivity contribution < 1.29 is 14.2 Å². The number of allylic oxidation sites excluding steroid dienone is 1. The zero-order valence-electron chi connectivity index (χ0n) is 18.0. The second kappa shape index (κ2) is 8.36. The maximum absolute atomic E-state index is 13.7. The van der Waals surface area contributed by atoms with Gasteiger partial charge in [0.25, 0.3) is 5.56 Å². The molecule has 2 aliphatic rings. The van der Waals surface area contributed by atoms with Crippen molar-refractivity contribution in [1.82, 2.24) is 9.47 Å². The van der Waals surface area contributed by atoms with E-state index in [0.717, 1.165) is 24.1 Å². The highest BCUT2D eigenvalue weighted by Gasteiger charge is 2.35. The van der Waals surface area contributed by atoms with E-state index in [2.05, 4.69) is 13.0 Å². The first-order chi connectivity index (χ1) is 14.9. The van der Waals surface area contributed by atoms with Crippen molar-refractivity contribution in [1.29, 1.82) is 5.26 Å². The van der Waals surface area contributed by atoms with Crippen LogP contribution in [0.1, 0.15) is 36.1 Å². The number of fused-ring (bicyclic) bond motifs is 2. The zero-order chi connectivity index (χ0) is 22.1. The molecule has 2 aliphatic heterocycles. The molecule has 1 unspecified atom stereocenters. The van der Waals surface area contributed by atoms with Gasteiger partial charge in [-0.3, -0.25) is 4.79 Å². The fourth-order valence-electron chi connectivity index (χ4n) is 4.05. The van der Waals surface area contributed by atoms with Crippen LogP contribution in [0, 0.1) is 11.3 Å². The predicted molar refractivity (Wildman–Crippen MR) is 115 cm³/mol. The average Bonchev–Trinajstić information content (AvgIpc) is 3.20. The molecule has 0 aliphatic carbocycles. The van der Waals surface area contributed by atoms with Gasteiger partial charge >= 0.3 is 0 Å². The maximum atomic E-state index is 13.7. The van der Waals surface area contributed by atoms with Gasteiger partial charge in [0.1, 0.15) is 17.4 Å². The first kappa shape index (κ1) is 20.8. The van der Waals surface area contributed by atoms with Crippen molar-refractivity contribution in [2.75, 3.05) is 27.4 Å². The summed E-state index contributed by atoms with van der Waals surface area (Å²) in [5.41, 5.74) is 8.21.